The maximum Gasteiger partial charge on any atom is 0.308 e. The van der Waals surface area contributed by atoms with E-state index in [0.717, 1.165) is 15.6 Å². The Morgan fingerprint density at radius 2 is 1.91 bits per heavy atom. The number of thiophene rings is 1. The van der Waals surface area contributed by atoms with Crippen LogP contribution in [0.5, 0.6) is 0 Å². The van der Waals surface area contributed by atoms with E-state index in [0.29, 0.717) is 23.0 Å². The van der Waals surface area contributed by atoms with E-state index in [2.05, 4.69) is 10.6 Å². The van der Waals surface area contributed by atoms with Crippen molar-refractivity contribution in [1.29, 1.82) is 0 Å². The molecule has 2 aromatic carbocycles. The molecule has 2 N–H and O–H groups in total. The van der Waals surface area contributed by atoms with E-state index < -0.39 is 17.9 Å². The number of carbonyl (C=O) groups excluding carboxylic acids is 3. The molecule has 33 heavy (non-hydrogen) atoms. The first-order valence-corrected chi connectivity index (χ1v) is 11.8. The summed E-state index contributed by atoms with van der Waals surface area (Å²) in [4.78, 5) is 39.6. The molecule has 3 aromatic rings. The molecule has 10 heteroatoms. The van der Waals surface area contributed by atoms with Crippen molar-refractivity contribution >= 4 is 68.1 Å². The molecule has 1 unspecified atom stereocenters. The summed E-state index contributed by atoms with van der Waals surface area (Å²) in [5.74, 6) is -1.34. The van der Waals surface area contributed by atoms with Gasteiger partial charge in [0.25, 0.3) is 5.91 Å². The highest BCUT2D eigenvalue weighted by atomic mass is 35.5. The highest BCUT2D eigenvalue weighted by Gasteiger charge is 2.34. The third kappa shape index (κ3) is 5.32. The van der Waals surface area contributed by atoms with Crippen LogP contribution >= 0.6 is 35.2 Å². The van der Waals surface area contributed by atoms with Gasteiger partial charge in [-0.3, -0.25) is 19.7 Å². The summed E-state index contributed by atoms with van der Waals surface area (Å²) in [6.45, 7) is 0.801. The summed E-state index contributed by atoms with van der Waals surface area (Å²) in [7, 11) is 0. The van der Waals surface area contributed by atoms with Gasteiger partial charge in [-0.2, -0.15) is 0 Å². The van der Waals surface area contributed by atoms with Crippen LogP contribution in [0.1, 0.15) is 21.7 Å². The van der Waals surface area contributed by atoms with Gasteiger partial charge >= 0.3 is 5.97 Å². The molecule has 4 rings (SSSR count). The van der Waals surface area contributed by atoms with Crippen molar-refractivity contribution in [2.24, 2.45) is 0 Å². The van der Waals surface area contributed by atoms with Gasteiger partial charge in [0, 0.05) is 23.2 Å². The highest BCUT2D eigenvalue weighted by Crippen LogP contribution is 2.35. The Kier molecular flexibility index (Phi) is 7.22. The molecule has 2 amide bonds. The third-order valence-electron chi connectivity index (χ3n) is 5.16. The lowest BCUT2D eigenvalue weighted by Crippen LogP contribution is -2.60. The number of amides is 2. The Labute approximate surface area is 204 Å². The van der Waals surface area contributed by atoms with Crippen LogP contribution in [0.3, 0.4) is 0 Å². The van der Waals surface area contributed by atoms with Gasteiger partial charge in [0.1, 0.15) is 17.5 Å². The Morgan fingerprint density at radius 1 is 1.18 bits per heavy atom. The number of esters is 1. The number of ether oxygens (including phenoxy) is 1. The zero-order valence-electron chi connectivity index (χ0n) is 17.4. The highest BCUT2D eigenvalue weighted by molar-refractivity contribution is 7.80. The van der Waals surface area contributed by atoms with E-state index in [1.807, 2.05) is 54.6 Å². The van der Waals surface area contributed by atoms with Crippen LogP contribution in [-0.2, 0) is 20.9 Å². The molecular weight excluding hydrogens is 482 g/mol. The minimum absolute atomic E-state index is 0.0595. The Balaban J connectivity index is 1.42. The Bertz CT molecular complexity index is 1210. The normalized spacial score (nSPS) is 15.7. The van der Waals surface area contributed by atoms with Crippen LogP contribution in [0.2, 0.25) is 5.02 Å². The van der Waals surface area contributed by atoms with E-state index in [1.54, 1.807) is 0 Å². The van der Waals surface area contributed by atoms with Crippen molar-refractivity contribution in [2.45, 2.75) is 19.1 Å². The molecular formula is C23H20ClN3O4S2. The van der Waals surface area contributed by atoms with Crippen molar-refractivity contribution in [2.75, 3.05) is 13.1 Å². The van der Waals surface area contributed by atoms with Crippen LogP contribution in [-0.4, -0.2) is 46.9 Å². The average molecular weight is 502 g/mol. The molecule has 1 aliphatic rings. The fourth-order valence-electron chi connectivity index (χ4n) is 3.50. The molecule has 1 saturated heterocycles. The number of piperazine rings is 1. The van der Waals surface area contributed by atoms with Crippen LogP contribution in [0.25, 0.3) is 10.1 Å². The summed E-state index contributed by atoms with van der Waals surface area (Å²) in [6.07, 6.45) is -0.196. The van der Waals surface area contributed by atoms with Gasteiger partial charge in [-0.05, 0) is 23.8 Å². The van der Waals surface area contributed by atoms with Gasteiger partial charge in [0.15, 0.2) is 5.11 Å². The minimum Gasteiger partial charge on any atom is -0.461 e. The van der Waals surface area contributed by atoms with E-state index in [4.69, 9.17) is 28.6 Å². The number of rotatable bonds is 5. The number of thiocarbonyl (C=S) groups is 1. The molecule has 1 atom stereocenters. The molecule has 1 aliphatic heterocycles. The average Bonchev–Trinajstić information content (AvgIpc) is 3.16. The second-order valence-electron chi connectivity index (χ2n) is 7.35. The number of nitrogens with zero attached hydrogens (tertiary/aromatic N) is 1. The maximum atomic E-state index is 12.9. The van der Waals surface area contributed by atoms with Crippen molar-refractivity contribution in [3.05, 3.63) is 70.1 Å². The monoisotopic (exact) mass is 501 g/mol. The number of hydrogen-bond acceptors (Lipinski definition) is 6. The van der Waals surface area contributed by atoms with E-state index >= 15 is 0 Å². The summed E-state index contributed by atoms with van der Waals surface area (Å²) in [5.41, 5.74) is 0.846. The molecule has 0 radical (unpaired) electrons. The summed E-state index contributed by atoms with van der Waals surface area (Å²) >= 11 is 13.1. The number of carbonyl (C=O) groups is 3. The minimum atomic E-state index is -0.882. The molecule has 0 aliphatic carbocycles. The van der Waals surface area contributed by atoms with Gasteiger partial charge in [-0.1, -0.05) is 60.1 Å². The number of halogens is 1. The smallest absolute Gasteiger partial charge is 0.308 e. The molecule has 1 aromatic heterocycles. The first kappa shape index (κ1) is 23.2. The number of benzene rings is 2. The largest absolute Gasteiger partial charge is 0.461 e. The zero-order valence-corrected chi connectivity index (χ0v) is 19.8. The lowest BCUT2D eigenvalue weighted by Gasteiger charge is -2.36. The van der Waals surface area contributed by atoms with Gasteiger partial charge < -0.3 is 15.0 Å². The van der Waals surface area contributed by atoms with Crippen molar-refractivity contribution in [3.8, 4) is 0 Å². The van der Waals surface area contributed by atoms with Gasteiger partial charge in [-0.25, -0.2) is 0 Å². The first-order valence-electron chi connectivity index (χ1n) is 10.2. The maximum absolute atomic E-state index is 12.9. The fraction of sp³-hybridized carbons (Fsp3) is 0.217. The standard InChI is InChI=1S/C23H20ClN3O4S2/c24-19-15-8-4-5-9-17(15)33-20(19)22(30)26-23(32)27-11-10-25-21(29)16(27)12-18(28)31-13-14-6-2-1-3-7-14/h1-9,16H,10-13H2,(H,25,29)(H,26,30,32). The quantitative estimate of drug-likeness (QED) is 0.411. The molecule has 2 heterocycles. The Hall–Kier alpha value is -3.01. The summed E-state index contributed by atoms with van der Waals surface area (Å²) in [5, 5.41) is 6.59. The van der Waals surface area contributed by atoms with Crippen LogP contribution in [0, 0.1) is 0 Å². The van der Waals surface area contributed by atoms with Gasteiger partial charge in [0.2, 0.25) is 5.91 Å². The van der Waals surface area contributed by atoms with Crippen LogP contribution < -0.4 is 10.6 Å². The SMILES string of the molecule is O=C(CC1C(=O)NCCN1C(=S)NC(=O)c1sc2ccccc2c1Cl)OCc1ccccc1. The van der Waals surface area contributed by atoms with E-state index in [-0.39, 0.29) is 24.0 Å². The second kappa shape index (κ2) is 10.3. The van der Waals surface area contributed by atoms with Crippen molar-refractivity contribution < 1.29 is 19.1 Å². The number of fused-ring (bicyclic) bond motifs is 1. The van der Waals surface area contributed by atoms with Gasteiger partial charge in [-0.15, -0.1) is 11.3 Å². The predicted molar refractivity (Wildman–Crippen MR) is 131 cm³/mol. The van der Waals surface area contributed by atoms with Crippen LogP contribution in [0.15, 0.2) is 54.6 Å². The van der Waals surface area contributed by atoms with Crippen molar-refractivity contribution in [1.82, 2.24) is 15.5 Å². The first-order chi connectivity index (χ1) is 15.9. The molecule has 0 spiro atoms. The fourth-order valence-corrected chi connectivity index (χ4v) is 5.22. The van der Waals surface area contributed by atoms with Gasteiger partial charge in [0.05, 0.1) is 11.4 Å². The van der Waals surface area contributed by atoms with Crippen molar-refractivity contribution in [3.63, 3.8) is 0 Å². The van der Waals surface area contributed by atoms with E-state index in [1.165, 1.54) is 16.2 Å². The predicted octanol–water partition coefficient (Wildman–Crippen LogP) is 3.50. The summed E-state index contributed by atoms with van der Waals surface area (Å²) in [6, 6.07) is 15.8. The number of nitrogens with one attached hydrogen (secondary N) is 2. The Morgan fingerprint density at radius 3 is 2.67 bits per heavy atom. The molecule has 0 bridgehead atoms. The lowest BCUT2D eigenvalue weighted by molar-refractivity contribution is -0.148. The number of hydrogen-bond donors (Lipinski definition) is 2. The molecule has 1 fully saturated rings. The lowest BCUT2D eigenvalue weighted by atomic mass is 10.1. The molecule has 7 nitrogen and oxygen atoms in total. The third-order valence-corrected chi connectivity index (χ3v) is 7.17. The topological polar surface area (TPSA) is 87.7 Å². The molecule has 170 valence electrons. The zero-order chi connectivity index (χ0) is 23.4. The van der Waals surface area contributed by atoms with Crippen LogP contribution in [0.4, 0.5) is 0 Å². The molecule has 0 saturated carbocycles. The summed E-state index contributed by atoms with van der Waals surface area (Å²) < 4.78 is 6.20. The second-order valence-corrected chi connectivity index (χ2v) is 9.17. The van der Waals surface area contributed by atoms with E-state index in [9.17, 15) is 14.4 Å².